The Hall–Kier alpha value is -1.19. The molecule has 0 radical (unpaired) electrons. The van der Waals surface area contributed by atoms with E-state index in [-0.39, 0.29) is 5.82 Å². The first-order valence-electron chi connectivity index (χ1n) is 5.79. The van der Waals surface area contributed by atoms with E-state index in [4.69, 9.17) is 0 Å². The fourth-order valence-corrected chi connectivity index (χ4v) is 3.57. The van der Waals surface area contributed by atoms with E-state index in [1.807, 2.05) is 0 Å². The van der Waals surface area contributed by atoms with Crippen LogP contribution in [0.3, 0.4) is 0 Å². The largest absolute Gasteiger partial charge is 0.383 e. The van der Waals surface area contributed by atoms with Gasteiger partial charge in [0.1, 0.15) is 11.9 Å². The highest BCUT2D eigenvalue weighted by Gasteiger charge is 2.19. The topological polar surface area (TPSA) is 20.2 Å². The molecule has 0 saturated carbocycles. The number of aliphatic hydroxyl groups is 1. The molecular weight excluding hydrogens is 235 g/mol. The van der Waals surface area contributed by atoms with Gasteiger partial charge >= 0.3 is 0 Å². The van der Waals surface area contributed by atoms with Crippen molar-refractivity contribution in [3.63, 3.8) is 0 Å². The summed E-state index contributed by atoms with van der Waals surface area (Å²) in [5, 5.41) is 10.2. The summed E-state index contributed by atoms with van der Waals surface area (Å²) in [6.07, 6.45) is 2.87. The van der Waals surface area contributed by atoms with E-state index in [9.17, 15) is 9.50 Å². The number of benzene rings is 1. The van der Waals surface area contributed by atoms with Gasteiger partial charge in [0.15, 0.2) is 0 Å². The molecule has 1 aliphatic rings. The van der Waals surface area contributed by atoms with Gasteiger partial charge in [0.25, 0.3) is 0 Å². The molecule has 1 nitrogen and oxygen atoms in total. The molecule has 0 fully saturated rings. The normalized spacial score (nSPS) is 15.9. The van der Waals surface area contributed by atoms with Crippen LogP contribution in [0.1, 0.15) is 33.4 Å². The van der Waals surface area contributed by atoms with Gasteiger partial charge in [-0.2, -0.15) is 0 Å². The minimum Gasteiger partial charge on any atom is -0.383 e. The minimum absolute atomic E-state index is 0.269. The Bertz CT molecular complexity index is 508. The van der Waals surface area contributed by atoms with Gasteiger partial charge in [-0.3, -0.25) is 0 Å². The average Bonchev–Trinajstić information content (AvgIpc) is 2.89. The van der Waals surface area contributed by atoms with Crippen LogP contribution in [0.5, 0.6) is 0 Å². The van der Waals surface area contributed by atoms with Crippen LogP contribution in [-0.4, -0.2) is 5.11 Å². The molecule has 2 aromatic rings. The lowest BCUT2D eigenvalue weighted by molar-refractivity contribution is 0.224. The summed E-state index contributed by atoms with van der Waals surface area (Å²) in [7, 11) is 0. The quantitative estimate of drug-likeness (QED) is 0.863. The average molecular weight is 248 g/mol. The first-order chi connectivity index (χ1) is 8.24. The zero-order valence-corrected chi connectivity index (χ0v) is 10.1. The molecule has 1 aliphatic carbocycles. The molecule has 3 heteroatoms. The highest BCUT2D eigenvalue weighted by molar-refractivity contribution is 7.12. The van der Waals surface area contributed by atoms with Gasteiger partial charge in [-0.15, -0.1) is 11.3 Å². The van der Waals surface area contributed by atoms with E-state index >= 15 is 0 Å². The molecule has 0 bridgehead atoms. The first-order valence-corrected chi connectivity index (χ1v) is 6.61. The van der Waals surface area contributed by atoms with Gasteiger partial charge in [0.2, 0.25) is 0 Å². The van der Waals surface area contributed by atoms with Crippen LogP contribution < -0.4 is 0 Å². The summed E-state index contributed by atoms with van der Waals surface area (Å²) in [4.78, 5) is 2.38. The molecule has 0 amide bonds. The number of aliphatic hydroxyl groups excluding tert-OH is 1. The maximum atomic E-state index is 12.8. The number of thiophene rings is 1. The van der Waals surface area contributed by atoms with Crippen molar-refractivity contribution >= 4 is 11.3 Å². The van der Waals surface area contributed by atoms with Gasteiger partial charge in [-0.05, 0) is 48.6 Å². The van der Waals surface area contributed by atoms with Crippen LogP contribution in [0.2, 0.25) is 0 Å². The van der Waals surface area contributed by atoms with Crippen molar-refractivity contribution in [1.29, 1.82) is 0 Å². The summed E-state index contributed by atoms with van der Waals surface area (Å²) < 4.78 is 12.8. The summed E-state index contributed by atoms with van der Waals surface area (Å²) in [6, 6.07) is 8.16. The molecule has 0 spiro atoms. The second-order valence-electron chi connectivity index (χ2n) is 4.40. The van der Waals surface area contributed by atoms with Crippen molar-refractivity contribution in [1.82, 2.24) is 0 Å². The van der Waals surface area contributed by atoms with Crippen molar-refractivity contribution in [2.45, 2.75) is 25.4 Å². The predicted octanol–water partition coefficient (Wildman–Crippen LogP) is 3.46. The van der Waals surface area contributed by atoms with E-state index in [1.54, 1.807) is 23.5 Å². The van der Waals surface area contributed by atoms with E-state index in [0.29, 0.717) is 0 Å². The van der Waals surface area contributed by atoms with Crippen LogP contribution in [-0.2, 0) is 12.8 Å². The summed E-state index contributed by atoms with van der Waals surface area (Å²) in [6.45, 7) is 0. The predicted molar refractivity (Wildman–Crippen MR) is 66.8 cm³/mol. The van der Waals surface area contributed by atoms with Crippen LogP contribution in [0.25, 0.3) is 0 Å². The van der Waals surface area contributed by atoms with E-state index in [1.165, 1.54) is 29.0 Å². The third-order valence-electron chi connectivity index (χ3n) is 3.22. The summed E-state index contributed by atoms with van der Waals surface area (Å²) >= 11 is 1.69. The molecule has 88 valence electrons. The van der Waals surface area contributed by atoms with Crippen molar-refractivity contribution in [3.05, 3.63) is 57.0 Å². The maximum Gasteiger partial charge on any atom is 0.123 e. The molecule has 3 rings (SSSR count). The Morgan fingerprint density at radius 2 is 1.94 bits per heavy atom. The fourth-order valence-electron chi connectivity index (χ4n) is 2.30. The Morgan fingerprint density at radius 3 is 2.65 bits per heavy atom. The van der Waals surface area contributed by atoms with Gasteiger partial charge in [0, 0.05) is 9.75 Å². The number of aryl methyl sites for hydroxylation is 2. The number of halogens is 1. The third-order valence-corrected chi connectivity index (χ3v) is 4.51. The molecule has 1 aromatic carbocycles. The second-order valence-corrected chi connectivity index (χ2v) is 5.57. The zero-order valence-electron chi connectivity index (χ0n) is 9.32. The molecular formula is C14H13FOS. The summed E-state index contributed by atoms with van der Waals surface area (Å²) in [5.74, 6) is -0.269. The Kier molecular flexibility index (Phi) is 2.73. The molecule has 1 unspecified atom stereocenters. The lowest BCUT2D eigenvalue weighted by Gasteiger charge is -2.08. The lowest BCUT2D eigenvalue weighted by atomic mass is 10.1. The highest BCUT2D eigenvalue weighted by atomic mass is 32.1. The number of hydrogen-bond acceptors (Lipinski definition) is 2. The lowest BCUT2D eigenvalue weighted by Crippen LogP contribution is -1.97. The maximum absolute atomic E-state index is 12.8. The summed E-state index contributed by atoms with van der Waals surface area (Å²) in [5.41, 5.74) is 2.14. The Morgan fingerprint density at radius 1 is 1.18 bits per heavy atom. The minimum atomic E-state index is -0.619. The van der Waals surface area contributed by atoms with E-state index in [2.05, 4.69) is 6.07 Å². The Balaban J connectivity index is 1.90. The third kappa shape index (κ3) is 2.01. The molecule has 17 heavy (non-hydrogen) atoms. The first kappa shape index (κ1) is 10.9. The number of rotatable bonds is 2. The van der Waals surface area contributed by atoms with Crippen molar-refractivity contribution in [3.8, 4) is 0 Å². The molecule has 0 saturated heterocycles. The van der Waals surface area contributed by atoms with Crippen molar-refractivity contribution < 1.29 is 9.50 Å². The van der Waals surface area contributed by atoms with Gasteiger partial charge in [-0.1, -0.05) is 12.1 Å². The van der Waals surface area contributed by atoms with Crippen molar-refractivity contribution in [2.75, 3.05) is 0 Å². The number of hydrogen-bond donors (Lipinski definition) is 1. The Labute approximate surface area is 104 Å². The smallest absolute Gasteiger partial charge is 0.123 e. The van der Waals surface area contributed by atoms with E-state index < -0.39 is 6.10 Å². The van der Waals surface area contributed by atoms with Gasteiger partial charge < -0.3 is 5.11 Å². The second kappa shape index (κ2) is 4.24. The SMILES string of the molecule is OC(c1ccc(F)cc1)c1cc2c(s1)CCC2. The number of fused-ring (bicyclic) bond motifs is 1. The molecule has 1 N–H and O–H groups in total. The zero-order chi connectivity index (χ0) is 11.8. The monoisotopic (exact) mass is 248 g/mol. The van der Waals surface area contributed by atoms with Crippen LogP contribution >= 0.6 is 11.3 Å². The fraction of sp³-hybridized carbons (Fsp3) is 0.286. The molecule has 1 atom stereocenters. The van der Waals surface area contributed by atoms with Crippen LogP contribution in [0.4, 0.5) is 4.39 Å². The molecule has 1 heterocycles. The van der Waals surface area contributed by atoms with Crippen molar-refractivity contribution in [2.24, 2.45) is 0 Å². The van der Waals surface area contributed by atoms with Crippen LogP contribution in [0, 0.1) is 5.82 Å². The van der Waals surface area contributed by atoms with Crippen LogP contribution in [0.15, 0.2) is 30.3 Å². The molecule has 0 aliphatic heterocycles. The van der Waals surface area contributed by atoms with Gasteiger partial charge in [-0.25, -0.2) is 4.39 Å². The molecule has 1 aromatic heterocycles. The standard InChI is InChI=1S/C14H13FOS/c15-11-6-4-9(5-7-11)14(16)13-8-10-2-1-3-12(10)17-13/h4-8,14,16H,1-3H2. The highest BCUT2D eigenvalue weighted by Crippen LogP contribution is 2.35. The van der Waals surface area contributed by atoms with Gasteiger partial charge in [0.05, 0.1) is 0 Å². The van der Waals surface area contributed by atoms with E-state index in [0.717, 1.165) is 23.3 Å².